The van der Waals surface area contributed by atoms with E-state index in [1.807, 2.05) is 0 Å². The van der Waals surface area contributed by atoms with E-state index >= 15 is 0 Å². The van der Waals surface area contributed by atoms with Gasteiger partial charge >= 0.3 is 0 Å². The lowest BCUT2D eigenvalue weighted by atomic mass is 9.98. The van der Waals surface area contributed by atoms with Crippen LogP contribution in [0.3, 0.4) is 0 Å². The van der Waals surface area contributed by atoms with Crippen molar-refractivity contribution >= 4 is 0 Å². The molecule has 0 radical (unpaired) electrons. The molecule has 116 valence electrons. The van der Waals surface area contributed by atoms with Crippen molar-refractivity contribution in [1.82, 2.24) is 4.90 Å². The van der Waals surface area contributed by atoms with Crippen LogP contribution in [0.15, 0.2) is 24.3 Å². The Morgan fingerprint density at radius 1 is 1.33 bits per heavy atom. The number of hydrogen-bond acceptors (Lipinski definition) is 3. The third kappa shape index (κ3) is 3.65. The molecule has 1 aliphatic heterocycles. The number of benzene rings is 1. The van der Waals surface area contributed by atoms with Crippen molar-refractivity contribution in [1.29, 1.82) is 0 Å². The summed E-state index contributed by atoms with van der Waals surface area (Å²) >= 11 is 0. The largest absolute Gasteiger partial charge is 0.377 e. The molecule has 2 aliphatic rings. The number of hydrogen-bond donors (Lipinski definition) is 1. The van der Waals surface area contributed by atoms with Crippen molar-refractivity contribution in [3.8, 4) is 0 Å². The van der Waals surface area contributed by atoms with E-state index in [4.69, 9.17) is 10.5 Å². The second kappa shape index (κ2) is 6.91. The molecule has 1 aliphatic carbocycles. The first kappa shape index (κ1) is 15.0. The monoisotopic (exact) mass is 288 g/mol. The summed E-state index contributed by atoms with van der Waals surface area (Å²) in [5, 5.41) is 0. The van der Waals surface area contributed by atoms with Crippen LogP contribution in [0, 0.1) is 0 Å². The summed E-state index contributed by atoms with van der Waals surface area (Å²) in [6.07, 6.45) is 5.48. The van der Waals surface area contributed by atoms with Crippen molar-refractivity contribution in [2.24, 2.45) is 5.73 Å². The standard InChI is InChI=1S/C18H28N2O/c1-2-21-17-7-4-10-20(13-17)18(12-19)16-6-3-5-15(11-16)14-8-9-14/h3,5-6,11,14,17-18H,2,4,7-10,12-13,19H2,1H3. The molecule has 3 heteroatoms. The van der Waals surface area contributed by atoms with Crippen LogP contribution in [-0.2, 0) is 4.74 Å². The van der Waals surface area contributed by atoms with Gasteiger partial charge in [-0.15, -0.1) is 0 Å². The molecule has 0 amide bonds. The van der Waals surface area contributed by atoms with E-state index < -0.39 is 0 Å². The average molecular weight is 288 g/mol. The number of likely N-dealkylation sites (tertiary alicyclic amines) is 1. The SMILES string of the molecule is CCOC1CCCN(C(CN)c2cccc(C3CC3)c2)C1. The van der Waals surface area contributed by atoms with Crippen molar-refractivity contribution in [3.05, 3.63) is 35.4 Å². The Bertz CT molecular complexity index is 456. The van der Waals surface area contributed by atoms with Crippen molar-refractivity contribution in [2.45, 2.75) is 50.7 Å². The number of nitrogens with zero attached hydrogens (tertiary/aromatic N) is 1. The Hall–Kier alpha value is -0.900. The van der Waals surface area contributed by atoms with Gasteiger partial charge in [0.15, 0.2) is 0 Å². The molecule has 21 heavy (non-hydrogen) atoms. The lowest BCUT2D eigenvalue weighted by Crippen LogP contribution is -2.44. The van der Waals surface area contributed by atoms with Gasteiger partial charge < -0.3 is 10.5 Å². The fourth-order valence-corrected chi connectivity index (χ4v) is 3.55. The van der Waals surface area contributed by atoms with Gasteiger partial charge in [-0.3, -0.25) is 4.90 Å². The third-order valence-corrected chi connectivity index (χ3v) is 4.82. The number of nitrogens with two attached hydrogens (primary N) is 1. The third-order valence-electron chi connectivity index (χ3n) is 4.82. The summed E-state index contributed by atoms with van der Waals surface area (Å²) in [6.45, 7) is 5.73. The zero-order chi connectivity index (χ0) is 14.7. The summed E-state index contributed by atoms with van der Waals surface area (Å²) in [4.78, 5) is 2.52. The van der Waals surface area contributed by atoms with Crippen molar-refractivity contribution < 1.29 is 4.74 Å². The van der Waals surface area contributed by atoms with E-state index in [0.29, 0.717) is 18.7 Å². The molecular weight excluding hydrogens is 260 g/mol. The van der Waals surface area contributed by atoms with Crippen LogP contribution in [0.2, 0.25) is 0 Å². The first-order valence-electron chi connectivity index (χ1n) is 8.47. The summed E-state index contributed by atoms with van der Waals surface area (Å²) in [6, 6.07) is 9.45. The van der Waals surface area contributed by atoms with Crippen LogP contribution < -0.4 is 5.73 Å². The maximum absolute atomic E-state index is 6.11. The first-order chi connectivity index (χ1) is 10.3. The molecule has 3 nitrogen and oxygen atoms in total. The van der Waals surface area contributed by atoms with Gasteiger partial charge in [0, 0.05) is 25.7 Å². The molecule has 1 aromatic carbocycles. The Balaban J connectivity index is 1.72. The summed E-state index contributed by atoms with van der Waals surface area (Å²) in [5.74, 6) is 0.806. The normalized spacial score (nSPS) is 25.0. The highest BCUT2D eigenvalue weighted by Gasteiger charge is 2.28. The minimum Gasteiger partial charge on any atom is -0.377 e. The molecule has 0 aromatic heterocycles. The molecule has 2 atom stereocenters. The number of rotatable bonds is 6. The van der Waals surface area contributed by atoms with Gasteiger partial charge in [0.25, 0.3) is 0 Å². The van der Waals surface area contributed by atoms with Crippen molar-refractivity contribution in [3.63, 3.8) is 0 Å². The molecule has 2 unspecified atom stereocenters. The molecule has 1 aromatic rings. The molecule has 3 rings (SSSR count). The van der Waals surface area contributed by atoms with Gasteiger partial charge in [-0.25, -0.2) is 0 Å². The molecule has 2 N–H and O–H groups in total. The predicted molar refractivity (Wildman–Crippen MR) is 86.4 cm³/mol. The lowest BCUT2D eigenvalue weighted by Gasteiger charge is -2.38. The van der Waals surface area contributed by atoms with E-state index in [2.05, 4.69) is 36.1 Å². The molecular formula is C18H28N2O. The predicted octanol–water partition coefficient (Wildman–Crippen LogP) is 3.06. The number of ether oxygens (including phenoxy) is 1. The molecule has 0 bridgehead atoms. The van der Waals surface area contributed by atoms with Crippen LogP contribution in [0.25, 0.3) is 0 Å². The van der Waals surface area contributed by atoms with Crippen LogP contribution in [0.1, 0.15) is 55.7 Å². The fourth-order valence-electron chi connectivity index (χ4n) is 3.55. The maximum Gasteiger partial charge on any atom is 0.0702 e. The van der Waals surface area contributed by atoms with Crippen LogP contribution >= 0.6 is 0 Å². The molecule has 1 saturated carbocycles. The van der Waals surface area contributed by atoms with Gasteiger partial charge in [0.05, 0.1) is 6.10 Å². The minimum atomic E-state index is 0.340. The summed E-state index contributed by atoms with van der Waals surface area (Å²) < 4.78 is 5.83. The quantitative estimate of drug-likeness (QED) is 0.874. The van der Waals surface area contributed by atoms with Crippen LogP contribution in [-0.4, -0.2) is 37.2 Å². The highest BCUT2D eigenvalue weighted by molar-refractivity contribution is 5.31. The molecule has 0 spiro atoms. The topological polar surface area (TPSA) is 38.5 Å². The van der Waals surface area contributed by atoms with E-state index in [1.54, 1.807) is 0 Å². The smallest absolute Gasteiger partial charge is 0.0702 e. The lowest BCUT2D eigenvalue weighted by molar-refractivity contribution is -0.00660. The van der Waals surface area contributed by atoms with Crippen molar-refractivity contribution in [2.75, 3.05) is 26.2 Å². The second-order valence-electron chi connectivity index (χ2n) is 6.41. The highest BCUT2D eigenvalue weighted by atomic mass is 16.5. The van der Waals surface area contributed by atoms with Gasteiger partial charge in [0.1, 0.15) is 0 Å². The second-order valence-corrected chi connectivity index (χ2v) is 6.41. The maximum atomic E-state index is 6.11. The molecule has 2 fully saturated rings. The van der Waals surface area contributed by atoms with E-state index in [0.717, 1.165) is 25.6 Å². The Labute approximate surface area is 128 Å². The zero-order valence-electron chi connectivity index (χ0n) is 13.1. The summed E-state index contributed by atoms with van der Waals surface area (Å²) in [5.41, 5.74) is 9.01. The summed E-state index contributed by atoms with van der Waals surface area (Å²) in [7, 11) is 0. The molecule has 1 saturated heterocycles. The Kier molecular flexibility index (Phi) is 4.94. The van der Waals surface area contributed by atoms with Crippen LogP contribution in [0.5, 0.6) is 0 Å². The van der Waals surface area contributed by atoms with Gasteiger partial charge in [-0.1, -0.05) is 24.3 Å². The van der Waals surface area contributed by atoms with E-state index in [1.165, 1.54) is 36.8 Å². The highest BCUT2D eigenvalue weighted by Crippen LogP contribution is 2.41. The van der Waals surface area contributed by atoms with Gasteiger partial charge in [0.2, 0.25) is 0 Å². The number of piperidine rings is 1. The van der Waals surface area contributed by atoms with Crippen LogP contribution in [0.4, 0.5) is 0 Å². The van der Waals surface area contributed by atoms with Gasteiger partial charge in [-0.05, 0) is 56.2 Å². The van der Waals surface area contributed by atoms with E-state index in [-0.39, 0.29) is 0 Å². The first-order valence-corrected chi connectivity index (χ1v) is 8.47. The van der Waals surface area contributed by atoms with Gasteiger partial charge in [-0.2, -0.15) is 0 Å². The average Bonchev–Trinajstić information content (AvgIpc) is 3.34. The van der Waals surface area contributed by atoms with E-state index in [9.17, 15) is 0 Å². The molecule has 1 heterocycles. The zero-order valence-corrected chi connectivity index (χ0v) is 13.1. The Morgan fingerprint density at radius 2 is 2.19 bits per heavy atom. The minimum absolute atomic E-state index is 0.340. The fraction of sp³-hybridized carbons (Fsp3) is 0.667. The Morgan fingerprint density at radius 3 is 2.90 bits per heavy atom.